The third kappa shape index (κ3) is 5.07. The molecular formula is C42H29N5. The first-order valence-corrected chi connectivity index (χ1v) is 15.6. The van der Waals surface area contributed by atoms with Crippen molar-refractivity contribution in [3.8, 4) is 73.6 Å². The van der Waals surface area contributed by atoms with Gasteiger partial charge < -0.3 is 0 Å². The number of aromatic nitrogens is 4. The number of nitrogens with zero attached hydrogens (tertiary/aromatic N) is 5. The predicted octanol–water partition coefficient (Wildman–Crippen LogP) is 9.78. The lowest BCUT2D eigenvalue weighted by molar-refractivity contribution is 0.660. The van der Waals surface area contributed by atoms with E-state index in [0.29, 0.717) is 23.0 Å². The molecule has 5 aromatic carbocycles. The molecule has 0 spiro atoms. The molecule has 2 heterocycles. The number of hydrogen-bond acceptors (Lipinski definition) is 5. The summed E-state index contributed by atoms with van der Waals surface area (Å²) in [6.07, 6.45) is 3.67. The maximum Gasteiger partial charge on any atom is 0.164 e. The highest BCUT2D eigenvalue weighted by molar-refractivity contribution is 5.86. The van der Waals surface area contributed by atoms with E-state index in [1.807, 2.05) is 85.1 Å². The molecule has 0 aliphatic heterocycles. The number of hydrogen-bond donors (Lipinski definition) is 0. The summed E-state index contributed by atoms with van der Waals surface area (Å²) in [5.41, 5.74) is 12.2. The van der Waals surface area contributed by atoms with Crippen LogP contribution < -0.4 is 0 Å². The maximum absolute atomic E-state index is 9.57. The summed E-state index contributed by atoms with van der Waals surface area (Å²) in [7, 11) is 0. The summed E-state index contributed by atoms with van der Waals surface area (Å²) in [6.45, 7) is 4.51. The van der Waals surface area contributed by atoms with Gasteiger partial charge in [-0.2, -0.15) is 5.26 Å². The summed E-state index contributed by atoms with van der Waals surface area (Å²) in [4.78, 5) is 19.4. The van der Waals surface area contributed by atoms with Crippen LogP contribution in [0.4, 0.5) is 0 Å². The molecule has 0 N–H and O–H groups in total. The highest BCUT2D eigenvalue weighted by Crippen LogP contribution is 2.50. The molecule has 222 valence electrons. The maximum atomic E-state index is 9.57. The van der Waals surface area contributed by atoms with Crippen molar-refractivity contribution >= 4 is 0 Å². The fraction of sp³-hybridized carbons (Fsp3) is 0.0714. The molecule has 47 heavy (non-hydrogen) atoms. The smallest absolute Gasteiger partial charge is 0.164 e. The van der Waals surface area contributed by atoms with Crippen molar-refractivity contribution in [1.29, 1.82) is 5.26 Å². The summed E-state index contributed by atoms with van der Waals surface area (Å²) in [5.74, 6) is 1.84. The van der Waals surface area contributed by atoms with Gasteiger partial charge in [-0.15, -0.1) is 0 Å². The predicted molar refractivity (Wildman–Crippen MR) is 187 cm³/mol. The number of nitriles is 1. The molecule has 1 aliphatic carbocycles. The molecule has 0 amide bonds. The van der Waals surface area contributed by atoms with Gasteiger partial charge in [0.2, 0.25) is 0 Å². The van der Waals surface area contributed by atoms with E-state index < -0.39 is 0 Å². The number of benzene rings is 5. The summed E-state index contributed by atoms with van der Waals surface area (Å²) >= 11 is 0. The molecule has 2 aromatic heterocycles. The van der Waals surface area contributed by atoms with Crippen molar-refractivity contribution < 1.29 is 0 Å². The van der Waals surface area contributed by atoms with Crippen LogP contribution in [0.5, 0.6) is 0 Å². The van der Waals surface area contributed by atoms with Gasteiger partial charge in [0.1, 0.15) is 0 Å². The van der Waals surface area contributed by atoms with E-state index in [2.05, 4.69) is 73.4 Å². The fourth-order valence-electron chi connectivity index (χ4n) is 6.56. The first kappa shape index (κ1) is 28.2. The first-order chi connectivity index (χ1) is 23.0. The summed E-state index contributed by atoms with van der Waals surface area (Å²) < 4.78 is 0. The molecule has 0 radical (unpaired) electrons. The van der Waals surface area contributed by atoms with Crippen molar-refractivity contribution in [2.24, 2.45) is 0 Å². The van der Waals surface area contributed by atoms with Gasteiger partial charge in [0.25, 0.3) is 0 Å². The number of rotatable bonds is 5. The molecule has 0 unspecified atom stereocenters. The minimum atomic E-state index is -0.207. The SMILES string of the molecule is CC1(C)c2ccc(C#N)cc2-c2ccc(-c3cc(-c4cccnc4)cc(-c4nc(-c5ccccc5)nc(-c5ccccc5)n4)c3)cc21. The van der Waals surface area contributed by atoms with E-state index in [1.54, 1.807) is 6.20 Å². The van der Waals surface area contributed by atoms with Gasteiger partial charge in [0.15, 0.2) is 17.5 Å². The Morgan fingerprint density at radius 3 is 1.70 bits per heavy atom. The molecule has 5 nitrogen and oxygen atoms in total. The standard InChI is InChI=1S/C42H29N5/c1-42(2)37-18-15-27(25-43)20-36(37)35-17-16-30(24-38(35)42)32-21-33(31-14-9-19-44-26-31)23-34(22-32)41-46-39(28-10-5-3-6-11-28)45-40(47-41)29-12-7-4-8-13-29/h3-24,26H,1-2H3. The first-order valence-electron chi connectivity index (χ1n) is 15.6. The molecule has 7 aromatic rings. The second-order valence-electron chi connectivity index (χ2n) is 12.3. The lowest BCUT2D eigenvalue weighted by atomic mass is 9.81. The van der Waals surface area contributed by atoms with Gasteiger partial charge in [-0.05, 0) is 81.4 Å². The second-order valence-corrected chi connectivity index (χ2v) is 12.3. The lowest BCUT2D eigenvalue weighted by Gasteiger charge is -2.22. The molecule has 8 rings (SSSR count). The Hall–Kier alpha value is -6.25. The normalized spacial score (nSPS) is 12.6. The molecule has 5 heteroatoms. The van der Waals surface area contributed by atoms with Gasteiger partial charge in [-0.3, -0.25) is 4.98 Å². The third-order valence-electron chi connectivity index (χ3n) is 9.02. The third-order valence-corrected chi connectivity index (χ3v) is 9.02. The lowest BCUT2D eigenvalue weighted by Crippen LogP contribution is -2.15. The highest BCUT2D eigenvalue weighted by atomic mass is 15.0. The fourth-order valence-corrected chi connectivity index (χ4v) is 6.56. The summed E-state index contributed by atoms with van der Waals surface area (Å²) in [5, 5.41) is 9.57. The average Bonchev–Trinajstić information content (AvgIpc) is 3.37. The van der Waals surface area contributed by atoms with Crippen LogP contribution >= 0.6 is 0 Å². The van der Waals surface area contributed by atoms with Gasteiger partial charge in [0, 0.05) is 40.1 Å². The van der Waals surface area contributed by atoms with E-state index in [-0.39, 0.29) is 5.41 Å². The Morgan fingerprint density at radius 1 is 0.489 bits per heavy atom. The van der Waals surface area contributed by atoms with Crippen LogP contribution in [0.25, 0.3) is 67.5 Å². The Bertz CT molecular complexity index is 2260. The van der Waals surface area contributed by atoms with E-state index in [9.17, 15) is 5.26 Å². The zero-order chi connectivity index (χ0) is 32.0. The average molecular weight is 604 g/mol. The molecule has 1 aliphatic rings. The van der Waals surface area contributed by atoms with E-state index >= 15 is 0 Å². The van der Waals surface area contributed by atoms with Crippen LogP contribution in [-0.2, 0) is 5.41 Å². The van der Waals surface area contributed by atoms with Crippen LogP contribution in [0.3, 0.4) is 0 Å². The van der Waals surface area contributed by atoms with Crippen LogP contribution in [0.15, 0.2) is 140 Å². The molecule has 0 saturated heterocycles. The van der Waals surface area contributed by atoms with Crippen molar-refractivity contribution in [1.82, 2.24) is 19.9 Å². The van der Waals surface area contributed by atoms with Crippen LogP contribution in [0, 0.1) is 11.3 Å². The zero-order valence-corrected chi connectivity index (χ0v) is 26.0. The molecule has 0 saturated carbocycles. The van der Waals surface area contributed by atoms with E-state index in [0.717, 1.165) is 44.5 Å². The molecular weight excluding hydrogens is 574 g/mol. The van der Waals surface area contributed by atoms with Crippen LogP contribution in [0.2, 0.25) is 0 Å². The van der Waals surface area contributed by atoms with Crippen LogP contribution in [-0.4, -0.2) is 19.9 Å². The largest absolute Gasteiger partial charge is 0.264 e. The van der Waals surface area contributed by atoms with Crippen molar-refractivity contribution in [2.45, 2.75) is 19.3 Å². The quantitative estimate of drug-likeness (QED) is 0.196. The van der Waals surface area contributed by atoms with Gasteiger partial charge in [-0.25, -0.2) is 15.0 Å². The second kappa shape index (κ2) is 11.3. The minimum Gasteiger partial charge on any atom is -0.264 e. The Balaban J connectivity index is 1.32. The van der Waals surface area contributed by atoms with Crippen molar-refractivity contribution in [3.05, 3.63) is 156 Å². The van der Waals surface area contributed by atoms with Gasteiger partial charge in [-0.1, -0.05) is 98.8 Å². The summed E-state index contributed by atoms with van der Waals surface area (Å²) in [6, 6.07) is 45.6. The zero-order valence-electron chi connectivity index (χ0n) is 26.0. The van der Waals surface area contributed by atoms with E-state index in [4.69, 9.17) is 15.0 Å². The van der Waals surface area contributed by atoms with Crippen molar-refractivity contribution in [2.75, 3.05) is 0 Å². The topological polar surface area (TPSA) is 75.3 Å². The highest BCUT2D eigenvalue weighted by Gasteiger charge is 2.35. The molecule has 0 fully saturated rings. The Kier molecular flexibility index (Phi) is 6.78. The number of pyridine rings is 1. The minimum absolute atomic E-state index is 0.207. The number of fused-ring (bicyclic) bond motifs is 3. The van der Waals surface area contributed by atoms with E-state index in [1.165, 1.54) is 16.7 Å². The van der Waals surface area contributed by atoms with Gasteiger partial charge >= 0.3 is 0 Å². The molecule has 0 atom stereocenters. The Morgan fingerprint density at radius 2 is 1.09 bits per heavy atom. The monoisotopic (exact) mass is 603 g/mol. The Labute approximate surface area is 273 Å². The molecule has 0 bridgehead atoms. The van der Waals surface area contributed by atoms with Gasteiger partial charge in [0.05, 0.1) is 11.6 Å². The van der Waals surface area contributed by atoms with Crippen molar-refractivity contribution in [3.63, 3.8) is 0 Å². The van der Waals surface area contributed by atoms with Crippen LogP contribution in [0.1, 0.15) is 30.5 Å².